The van der Waals surface area contributed by atoms with Gasteiger partial charge in [-0.25, -0.2) is 0 Å². The second-order valence-corrected chi connectivity index (χ2v) is 8.85. The standard InChI is InChI=1S/C19H20F3N3O5S/c1-9-8-29-18(30-9)4-6-24(7-5-18)17-23-16(26)12-10(2)13(19(20,21)22)11(3)14(25(27)28)15(12)31-17/h9H,4-8H2,1-3H3. The van der Waals surface area contributed by atoms with E-state index in [9.17, 15) is 28.1 Å². The largest absolute Gasteiger partial charge is 0.417 e. The fourth-order valence-electron chi connectivity index (χ4n) is 4.38. The Morgan fingerprint density at radius 2 is 1.90 bits per heavy atom. The first-order valence-electron chi connectivity index (χ1n) is 9.70. The molecule has 12 heteroatoms. The van der Waals surface area contributed by atoms with Crippen LogP contribution in [0.15, 0.2) is 4.79 Å². The molecule has 0 radical (unpaired) electrons. The number of aryl methyl sites for hydroxylation is 1. The van der Waals surface area contributed by atoms with E-state index in [1.807, 2.05) is 6.92 Å². The molecule has 0 aliphatic carbocycles. The maximum atomic E-state index is 13.6. The number of fused-ring (bicyclic) bond motifs is 1. The second kappa shape index (κ2) is 7.38. The van der Waals surface area contributed by atoms with Crippen LogP contribution in [0.2, 0.25) is 0 Å². The quantitative estimate of drug-likeness (QED) is 0.496. The van der Waals surface area contributed by atoms with Crippen molar-refractivity contribution in [2.24, 2.45) is 0 Å². The predicted molar refractivity (Wildman–Crippen MR) is 108 cm³/mol. The van der Waals surface area contributed by atoms with Gasteiger partial charge in [0.15, 0.2) is 10.9 Å². The van der Waals surface area contributed by atoms with Gasteiger partial charge in [0.1, 0.15) is 4.70 Å². The van der Waals surface area contributed by atoms with Crippen LogP contribution in [0.3, 0.4) is 0 Å². The van der Waals surface area contributed by atoms with E-state index in [1.165, 1.54) is 0 Å². The molecule has 4 rings (SSSR count). The van der Waals surface area contributed by atoms with Crippen LogP contribution in [0.1, 0.15) is 36.5 Å². The Hall–Kier alpha value is -2.31. The molecular formula is C19H20F3N3O5S. The van der Waals surface area contributed by atoms with Crippen molar-refractivity contribution in [3.63, 3.8) is 0 Å². The zero-order chi connectivity index (χ0) is 22.7. The van der Waals surface area contributed by atoms with Crippen molar-refractivity contribution in [1.82, 2.24) is 4.98 Å². The Balaban J connectivity index is 1.81. The maximum Gasteiger partial charge on any atom is 0.417 e. The van der Waals surface area contributed by atoms with Gasteiger partial charge >= 0.3 is 6.18 Å². The Morgan fingerprint density at radius 1 is 1.26 bits per heavy atom. The first kappa shape index (κ1) is 21.9. The average Bonchev–Trinajstić information content (AvgIpc) is 3.00. The molecule has 1 aromatic carbocycles. The monoisotopic (exact) mass is 459 g/mol. The van der Waals surface area contributed by atoms with Crippen LogP contribution >= 0.6 is 11.3 Å². The Kier molecular flexibility index (Phi) is 5.22. The first-order valence-corrected chi connectivity index (χ1v) is 10.5. The fourth-order valence-corrected chi connectivity index (χ4v) is 5.67. The van der Waals surface area contributed by atoms with Crippen molar-refractivity contribution in [3.8, 4) is 0 Å². The molecule has 3 heterocycles. The zero-order valence-electron chi connectivity index (χ0n) is 17.0. The van der Waals surface area contributed by atoms with E-state index in [-0.39, 0.29) is 26.9 Å². The van der Waals surface area contributed by atoms with Gasteiger partial charge in [-0.3, -0.25) is 14.9 Å². The Bertz CT molecular complexity index is 1130. The van der Waals surface area contributed by atoms with Gasteiger partial charge in [0.05, 0.1) is 28.6 Å². The summed E-state index contributed by atoms with van der Waals surface area (Å²) in [5.74, 6) is -0.682. The van der Waals surface area contributed by atoms with Crippen molar-refractivity contribution < 1.29 is 27.6 Å². The van der Waals surface area contributed by atoms with Gasteiger partial charge in [-0.15, -0.1) is 0 Å². The SMILES string of the molecule is Cc1c(C(F)(F)F)c(C)c2c(=O)nc(N3CCC4(CC3)OCC(C)O4)sc2c1[N+](=O)[O-]. The highest BCUT2D eigenvalue weighted by molar-refractivity contribution is 7.22. The molecule has 1 atom stereocenters. The minimum Gasteiger partial charge on any atom is -0.348 e. The molecule has 0 N–H and O–H groups in total. The molecule has 2 aliphatic rings. The zero-order valence-corrected chi connectivity index (χ0v) is 17.9. The first-order chi connectivity index (χ1) is 14.4. The molecule has 0 bridgehead atoms. The number of hydrogen-bond acceptors (Lipinski definition) is 8. The van der Waals surface area contributed by atoms with Gasteiger partial charge in [-0.05, 0) is 26.3 Å². The molecule has 0 saturated carbocycles. The van der Waals surface area contributed by atoms with Crippen LogP contribution in [0.25, 0.3) is 10.1 Å². The molecule has 168 valence electrons. The van der Waals surface area contributed by atoms with E-state index in [0.717, 1.165) is 25.2 Å². The number of nitrogens with zero attached hydrogens (tertiary/aromatic N) is 3. The van der Waals surface area contributed by atoms with Crippen LogP contribution in [-0.4, -0.2) is 41.5 Å². The summed E-state index contributed by atoms with van der Waals surface area (Å²) in [6, 6.07) is 0. The number of hydrogen-bond donors (Lipinski definition) is 0. The Labute approximate surface area is 178 Å². The van der Waals surface area contributed by atoms with Crippen molar-refractivity contribution >= 4 is 32.2 Å². The van der Waals surface area contributed by atoms with Gasteiger partial charge < -0.3 is 14.4 Å². The number of ether oxygens (including phenoxy) is 2. The van der Waals surface area contributed by atoms with Crippen LogP contribution in [-0.2, 0) is 15.7 Å². The van der Waals surface area contributed by atoms with Crippen LogP contribution < -0.4 is 10.5 Å². The van der Waals surface area contributed by atoms with Crippen molar-refractivity contribution in [3.05, 3.63) is 37.2 Å². The maximum absolute atomic E-state index is 13.6. The van der Waals surface area contributed by atoms with E-state index in [4.69, 9.17) is 9.47 Å². The van der Waals surface area contributed by atoms with Gasteiger partial charge in [-0.2, -0.15) is 18.2 Å². The van der Waals surface area contributed by atoms with Gasteiger partial charge in [0.25, 0.3) is 11.2 Å². The highest BCUT2D eigenvalue weighted by Gasteiger charge is 2.43. The summed E-state index contributed by atoms with van der Waals surface area (Å²) >= 11 is 0.866. The normalized spacial score (nSPS) is 21.2. The summed E-state index contributed by atoms with van der Waals surface area (Å²) in [6.07, 6.45) is -3.81. The molecule has 31 heavy (non-hydrogen) atoms. The third-order valence-corrected chi connectivity index (χ3v) is 6.92. The number of benzene rings is 1. The second-order valence-electron chi connectivity index (χ2n) is 7.87. The summed E-state index contributed by atoms with van der Waals surface area (Å²) in [5, 5.41) is 11.6. The lowest BCUT2D eigenvalue weighted by atomic mass is 9.97. The topological polar surface area (TPSA) is 94.8 Å². The highest BCUT2D eigenvalue weighted by atomic mass is 32.1. The molecule has 2 aliphatic heterocycles. The lowest BCUT2D eigenvalue weighted by Gasteiger charge is -2.38. The summed E-state index contributed by atoms with van der Waals surface area (Å²) < 4.78 is 52.3. The van der Waals surface area contributed by atoms with Crippen LogP contribution in [0.5, 0.6) is 0 Å². The van der Waals surface area contributed by atoms with Crippen LogP contribution in [0.4, 0.5) is 24.0 Å². The lowest BCUT2D eigenvalue weighted by Crippen LogP contribution is -2.45. The summed E-state index contributed by atoms with van der Waals surface area (Å²) in [4.78, 5) is 29.4. The smallest absolute Gasteiger partial charge is 0.348 e. The minimum atomic E-state index is -4.83. The number of aromatic nitrogens is 1. The van der Waals surface area contributed by atoms with E-state index in [1.54, 1.807) is 4.90 Å². The molecule has 1 spiro atoms. The molecular weight excluding hydrogens is 439 g/mol. The number of nitro groups is 1. The molecule has 1 aromatic heterocycles. The molecule has 2 saturated heterocycles. The Morgan fingerprint density at radius 3 is 2.42 bits per heavy atom. The fraction of sp³-hybridized carbons (Fsp3) is 0.579. The van der Waals surface area contributed by atoms with E-state index in [0.29, 0.717) is 32.5 Å². The summed E-state index contributed by atoms with van der Waals surface area (Å²) in [5.41, 5.74) is -3.62. The van der Waals surface area contributed by atoms with E-state index in [2.05, 4.69) is 4.98 Å². The number of alkyl halides is 3. The minimum absolute atomic E-state index is 0.0159. The molecule has 1 unspecified atom stereocenters. The van der Waals surface area contributed by atoms with Gasteiger partial charge in [-0.1, -0.05) is 11.3 Å². The number of anilines is 1. The van der Waals surface area contributed by atoms with Crippen molar-refractivity contribution in [2.75, 3.05) is 24.6 Å². The summed E-state index contributed by atoms with van der Waals surface area (Å²) in [6.45, 7) is 5.50. The highest BCUT2D eigenvalue weighted by Crippen LogP contribution is 2.45. The third kappa shape index (κ3) is 3.66. The van der Waals surface area contributed by atoms with Gasteiger partial charge in [0.2, 0.25) is 0 Å². The molecule has 2 aromatic rings. The number of rotatable bonds is 2. The van der Waals surface area contributed by atoms with Crippen molar-refractivity contribution in [2.45, 2.75) is 51.7 Å². The predicted octanol–water partition coefficient (Wildman–Crippen LogP) is 3.93. The van der Waals surface area contributed by atoms with Gasteiger partial charge in [0, 0.05) is 31.5 Å². The number of halogens is 3. The summed E-state index contributed by atoms with van der Waals surface area (Å²) in [7, 11) is 0. The van der Waals surface area contributed by atoms with Crippen LogP contribution in [0, 0.1) is 24.0 Å². The van der Waals surface area contributed by atoms with Crippen molar-refractivity contribution in [1.29, 1.82) is 0 Å². The average molecular weight is 459 g/mol. The third-order valence-electron chi connectivity index (χ3n) is 5.79. The molecule has 2 fully saturated rings. The number of nitro benzene ring substituents is 1. The number of piperidine rings is 1. The molecule has 0 amide bonds. The lowest BCUT2D eigenvalue weighted by molar-refractivity contribution is -0.383. The molecule has 8 nitrogen and oxygen atoms in total. The van der Waals surface area contributed by atoms with E-state index >= 15 is 0 Å². The van der Waals surface area contributed by atoms with E-state index < -0.39 is 39.3 Å².